The Hall–Kier alpha value is 1.21. The molecule has 1 saturated carbocycles. The molecular weight excluding hydrogens is 307 g/mol. The number of halogens is 1. The van der Waals surface area contributed by atoms with Crippen LogP contribution in [0.3, 0.4) is 0 Å². The summed E-state index contributed by atoms with van der Waals surface area (Å²) in [5.41, 5.74) is -2.36. The van der Waals surface area contributed by atoms with Gasteiger partial charge in [0.05, 0.1) is 12.7 Å². The lowest BCUT2D eigenvalue weighted by Crippen LogP contribution is -2.33. The SMILES string of the molecule is CCO[P@@](=S)(O[C@@H]1C[C@H](C)CC[C@H]1C(C)C)SCl. The van der Waals surface area contributed by atoms with Crippen LogP contribution in [0.4, 0.5) is 0 Å². The van der Waals surface area contributed by atoms with Crippen LogP contribution in [0.2, 0.25) is 0 Å². The van der Waals surface area contributed by atoms with Gasteiger partial charge in [-0.1, -0.05) is 27.2 Å². The first kappa shape index (κ1) is 17.3. The topological polar surface area (TPSA) is 18.5 Å². The summed E-state index contributed by atoms with van der Waals surface area (Å²) in [6, 6.07) is 0. The van der Waals surface area contributed by atoms with E-state index in [1.165, 1.54) is 12.8 Å². The van der Waals surface area contributed by atoms with Crippen molar-refractivity contribution in [3.63, 3.8) is 0 Å². The quantitative estimate of drug-likeness (QED) is 0.589. The number of hydrogen-bond acceptors (Lipinski definition) is 4. The van der Waals surface area contributed by atoms with E-state index in [0.717, 1.165) is 17.0 Å². The van der Waals surface area contributed by atoms with Crippen LogP contribution in [0.25, 0.3) is 0 Å². The van der Waals surface area contributed by atoms with Gasteiger partial charge in [-0.05, 0) is 60.0 Å². The van der Waals surface area contributed by atoms with E-state index >= 15 is 0 Å². The first-order chi connectivity index (χ1) is 8.41. The maximum absolute atomic E-state index is 6.15. The Kier molecular flexibility index (Phi) is 7.53. The highest BCUT2D eigenvalue weighted by atomic mass is 35.7. The standard InChI is InChI=1S/C12H24ClO2PS2/c1-5-14-16(17,18-13)15-12-8-10(4)6-7-11(12)9(2)3/h9-12H,5-8H2,1-4H3/t10-,11+,12-,16+/m1/s1. The molecule has 2 nitrogen and oxygen atoms in total. The average molecular weight is 331 g/mol. The molecule has 0 aromatic rings. The van der Waals surface area contributed by atoms with E-state index in [9.17, 15) is 0 Å². The second kappa shape index (κ2) is 7.85. The zero-order valence-corrected chi connectivity index (χ0v) is 14.9. The summed E-state index contributed by atoms with van der Waals surface area (Å²) >= 11 is 5.46. The summed E-state index contributed by atoms with van der Waals surface area (Å²) in [6.07, 6.45) is 3.79. The van der Waals surface area contributed by atoms with E-state index < -0.39 is 5.69 Å². The van der Waals surface area contributed by atoms with E-state index in [4.69, 9.17) is 31.5 Å². The molecule has 6 heteroatoms. The van der Waals surface area contributed by atoms with Gasteiger partial charge >= 0.3 is 0 Å². The highest BCUT2D eigenvalue weighted by molar-refractivity contribution is 8.76. The van der Waals surface area contributed by atoms with Crippen molar-refractivity contribution in [1.29, 1.82) is 0 Å². The smallest absolute Gasteiger partial charge is 0.263 e. The molecule has 0 unspecified atom stereocenters. The summed E-state index contributed by atoms with van der Waals surface area (Å²) in [5, 5.41) is 0. The number of rotatable bonds is 6. The van der Waals surface area contributed by atoms with Crippen LogP contribution in [0.15, 0.2) is 0 Å². The highest BCUT2D eigenvalue weighted by Crippen LogP contribution is 2.65. The molecule has 0 aromatic carbocycles. The van der Waals surface area contributed by atoms with Crippen LogP contribution in [0, 0.1) is 17.8 Å². The summed E-state index contributed by atoms with van der Waals surface area (Å²) in [4.78, 5) is 0. The fourth-order valence-electron chi connectivity index (χ4n) is 2.63. The molecule has 0 radical (unpaired) electrons. The Labute approximate surface area is 125 Å². The largest absolute Gasteiger partial charge is 0.321 e. The molecule has 0 heterocycles. The first-order valence-electron chi connectivity index (χ1n) is 6.65. The van der Waals surface area contributed by atoms with Crippen LogP contribution in [0.1, 0.15) is 47.0 Å². The summed E-state index contributed by atoms with van der Waals surface area (Å²) in [7, 11) is 6.94. The predicted molar refractivity (Wildman–Crippen MR) is 85.6 cm³/mol. The monoisotopic (exact) mass is 330 g/mol. The molecule has 0 aromatic heterocycles. The van der Waals surface area contributed by atoms with Crippen molar-refractivity contribution in [1.82, 2.24) is 0 Å². The fourth-order valence-corrected chi connectivity index (χ4v) is 5.81. The van der Waals surface area contributed by atoms with Gasteiger partial charge in [0.15, 0.2) is 0 Å². The number of hydrogen-bond donors (Lipinski definition) is 0. The van der Waals surface area contributed by atoms with E-state index in [-0.39, 0.29) is 6.10 Å². The van der Waals surface area contributed by atoms with Gasteiger partial charge in [-0.15, -0.1) is 0 Å². The lowest BCUT2D eigenvalue weighted by Gasteiger charge is -2.38. The zero-order chi connectivity index (χ0) is 13.8. The van der Waals surface area contributed by atoms with Gasteiger partial charge in [0.2, 0.25) is 0 Å². The normalized spacial score (nSPS) is 32.4. The van der Waals surface area contributed by atoms with Gasteiger partial charge in [-0.2, -0.15) is 0 Å². The third kappa shape index (κ3) is 4.96. The minimum Gasteiger partial charge on any atom is -0.321 e. The molecule has 0 spiro atoms. The van der Waals surface area contributed by atoms with Crippen molar-refractivity contribution in [2.75, 3.05) is 6.61 Å². The maximum Gasteiger partial charge on any atom is 0.263 e. The van der Waals surface area contributed by atoms with E-state index in [2.05, 4.69) is 20.8 Å². The fraction of sp³-hybridized carbons (Fsp3) is 1.00. The summed E-state index contributed by atoms with van der Waals surface area (Å²) < 4.78 is 11.7. The van der Waals surface area contributed by atoms with Crippen LogP contribution in [-0.4, -0.2) is 12.7 Å². The van der Waals surface area contributed by atoms with Crippen LogP contribution in [0.5, 0.6) is 0 Å². The first-order valence-corrected chi connectivity index (χ1v) is 11.5. The molecule has 1 fully saturated rings. The van der Waals surface area contributed by atoms with Crippen molar-refractivity contribution >= 4 is 38.8 Å². The molecule has 1 aliphatic carbocycles. The van der Waals surface area contributed by atoms with Crippen molar-refractivity contribution < 1.29 is 9.05 Å². The van der Waals surface area contributed by atoms with Gasteiger partial charge < -0.3 is 9.05 Å². The van der Waals surface area contributed by atoms with Crippen molar-refractivity contribution in [2.24, 2.45) is 17.8 Å². The molecule has 4 atom stereocenters. The Morgan fingerprint density at radius 1 is 1.44 bits per heavy atom. The van der Waals surface area contributed by atoms with Gasteiger partial charge in [0.1, 0.15) is 0 Å². The molecule has 0 amide bonds. The van der Waals surface area contributed by atoms with E-state index in [1.54, 1.807) is 0 Å². The Bertz CT molecular complexity index is 302. The van der Waals surface area contributed by atoms with Crippen LogP contribution in [-0.2, 0) is 20.9 Å². The molecule has 0 bridgehead atoms. The molecule has 0 aliphatic heterocycles. The Morgan fingerprint density at radius 3 is 2.61 bits per heavy atom. The highest BCUT2D eigenvalue weighted by Gasteiger charge is 2.35. The third-order valence-electron chi connectivity index (χ3n) is 3.60. The maximum atomic E-state index is 6.15. The minimum atomic E-state index is -2.36. The van der Waals surface area contributed by atoms with Gasteiger partial charge in [0, 0.05) is 10.6 Å². The van der Waals surface area contributed by atoms with Gasteiger partial charge in [0.25, 0.3) is 5.69 Å². The Morgan fingerprint density at radius 2 is 2.11 bits per heavy atom. The summed E-state index contributed by atoms with van der Waals surface area (Å²) in [5.74, 6) is 1.90. The molecule has 1 rings (SSSR count). The van der Waals surface area contributed by atoms with Crippen LogP contribution >= 0.6 is 27.0 Å². The molecule has 0 saturated heterocycles. The van der Waals surface area contributed by atoms with E-state index in [0.29, 0.717) is 24.4 Å². The lowest BCUT2D eigenvalue weighted by molar-refractivity contribution is 0.0461. The molecule has 108 valence electrons. The van der Waals surface area contributed by atoms with Crippen molar-refractivity contribution in [3.8, 4) is 0 Å². The molecule has 0 N–H and O–H groups in total. The predicted octanol–water partition coefficient (Wildman–Crippen LogP) is 5.61. The molecular formula is C12H24ClO2PS2. The zero-order valence-electron chi connectivity index (χ0n) is 11.6. The van der Waals surface area contributed by atoms with Crippen LogP contribution < -0.4 is 0 Å². The second-order valence-electron chi connectivity index (χ2n) is 5.40. The summed E-state index contributed by atoms with van der Waals surface area (Å²) in [6.45, 7) is 9.29. The molecule has 1 aliphatic rings. The van der Waals surface area contributed by atoms with Crippen molar-refractivity contribution in [2.45, 2.75) is 53.1 Å². The second-order valence-corrected chi connectivity index (χ2v) is 12.1. The van der Waals surface area contributed by atoms with E-state index in [1.807, 2.05) is 6.92 Å². The minimum absolute atomic E-state index is 0.206. The Balaban J connectivity index is 2.73. The van der Waals surface area contributed by atoms with Gasteiger partial charge in [-0.25, -0.2) is 0 Å². The lowest BCUT2D eigenvalue weighted by atomic mass is 9.75. The van der Waals surface area contributed by atoms with Gasteiger partial charge in [-0.3, -0.25) is 0 Å². The van der Waals surface area contributed by atoms with Crippen molar-refractivity contribution in [3.05, 3.63) is 0 Å². The third-order valence-corrected chi connectivity index (χ3v) is 9.57. The molecule has 18 heavy (non-hydrogen) atoms. The average Bonchev–Trinajstić information content (AvgIpc) is 2.29.